The van der Waals surface area contributed by atoms with Gasteiger partial charge in [0.2, 0.25) is 5.78 Å². The number of nitrogens with two attached hydrogens (primary N) is 1. The van der Waals surface area contributed by atoms with E-state index in [1.165, 1.54) is 23.5 Å². The van der Waals surface area contributed by atoms with Gasteiger partial charge < -0.3 is 5.73 Å². The van der Waals surface area contributed by atoms with Crippen molar-refractivity contribution >= 4 is 22.8 Å². The monoisotopic (exact) mass is 235 g/mol. The lowest BCUT2D eigenvalue weighted by molar-refractivity contribution is 0.103. The number of ketones is 1. The van der Waals surface area contributed by atoms with Gasteiger partial charge >= 0.3 is 0 Å². The van der Waals surface area contributed by atoms with Crippen LogP contribution < -0.4 is 5.73 Å². The van der Waals surface area contributed by atoms with E-state index in [-0.39, 0.29) is 11.3 Å². The molecule has 0 atom stereocenters. The van der Waals surface area contributed by atoms with Crippen molar-refractivity contribution in [3.05, 3.63) is 51.5 Å². The predicted octanol–water partition coefficient (Wildman–Crippen LogP) is 3.01. The Hall–Kier alpha value is -1.68. The van der Waals surface area contributed by atoms with Gasteiger partial charge in [0.05, 0.1) is 10.4 Å². The van der Waals surface area contributed by atoms with Crippen molar-refractivity contribution in [2.45, 2.75) is 6.92 Å². The van der Waals surface area contributed by atoms with Crippen molar-refractivity contribution in [1.82, 2.24) is 0 Å². The first kappa shape index (κ1) is 10.8. The average molecular weight is 235 g/mol. The van der Waals surface area contributed by atoms with Crippen LogP contribution in [0.25, 0.3) is 0 Å². The molecule has 0 aliphatic rings. The van der Waals surface area contributed by atoms with Crippen LogP contribution in [0.2, 0.25) is 0 Å². The summed E-state index contributed by atoms with van der Waals surface area (Å²) in [6.07, 6.45) is 0. The van der Waals surface area contributed by atoms with E-state index in [2.05, 4.69) is 0 Å². The molecule has 2 rings (SSSR count). The standard InChI is InChI=1S/C12H10FNOS/c1-7-2-5-11(16-7)12(15)9-4-3-8(14)6-10(9)13/h2-6H,14H2,1H3. The topological polar surface area (TPSA) is 43.1 Å². The van der Waals surface area contributed by atoms with E-state index in [0.717, 1.165) is 10.9 Å². The second-order valence-corrected chi connectivity index (χ2v) is 4.77. The van der Waals surface area contributed by atoms with Crippen LogP contribution in [0.1, 0.15) is 20.1 Å². The lowest BCUT2D eigenvalue weighted by Crippen LogP contribution is -2.02. The van der Waals surface area contributed by atoms with Crippen LogP contribution in [0, 0.1) is 12.7 Å². The van der Waals surface area contributed by atoms with Gasteiger partial charge in [-0.2, -0.15) is 0 Å². The minimum atomic E-state index is -0.573. The second-order valence-electron chi connectivity index (χ2n) is 3.48. The normalized spacial score (nSPS) is 10.4. The van der Waals surface area contributed by atoms with Crippen LogP contribution >= 0.6 is 11.3 Å². The summed E-state index contributed by atoms with van der Waals surface area (Å²) in [6, 6.07) is 7.65. The highest BCUT2D eigenvalue weighted by molar-refractivity contribution is 7.14. The molecule has 0 saturated heterocycles. The Morgan fingerprint density at radius 2 is 2.06 bits per heavy atom. The minimum absolute atomic E-state index is 0.0658. The van der Waals surface area contributed by atoms with Crippen molar-refractivity contribution in [1.29, 1.82) is 0 Å². The molecule has 82 valence electrons. The molecule has 0 fully saturated rings. The molecule has 2 aromatic rings. The van der Waals surface area contributed by atoms with E-state index < -0.39 is 5.82 Å². The maximum atomic E-state index is 13.5. The fourth-order valence-electron chi connectivity index (χ4n) is 1.40. The molecule has 4 heteroatoms. The molecule has 0 radical (unpaired) electrons. The first-order valence-corrected chi connectivity index (χ1v) is 5.56. The number of benzene rings is 1. The summed E-state index contributed by atoms with van der Waals surface area (Å²) >= 11 is 1.36. The van der Waals surface area contributed by atoms with Crippen LogP contribution in [-0.2, 0) is 0 Å². The summed E-state index contributed by atoms with van der Waals surface area (Å²) < 4.78 is 13.5. The number of carbonyl (C=O) groups excluding carboxylic acids is 1. The smallest absolute Gasteiger partial charge is 0.205 e. The molecule has 0 aliphatic heterocycles. The summed E-state index contributed by atoms with van der Waals surface area (Å²) in [5.41, 5.74) is 5.80. The van der Waals surface area contributed by atoms with Crippen LogP contribution in [0.3, 0.4) is 0 Å². The van der Waals surface area contributed by atoms with E-state index in [9.17, 15) is 9.18 Å². The Morgan fingerprint density at radius 1 is 1.31 bits per heavy atom. The number of aryl methyl sites for hydroxylation is 1. The van der Waals surface area contributed by atoms with Gasteiger partial charge in [0, 0.05) is 10.6 Å². The molecule has 2 N–H and O–H groups in total. The van der Waals surface area contributed by atoms with Crippen molar-refractivity contribution < 1.29 is 9.18 Å². The number of hydrogen-bond acceptors (Lipinski definition) is 3. The second kappa shape index (κ2) is 4.06. The van der Waals surface area contributed by atoms with Gasteiger partial charge in [0.1, 0.15) is 5.82 Å². The summed E-state index contributed by atoms with van der Waals surface area (Å²) in [5.74, 6) is -0.869. The highest BCUT2D eigenvalue weighted by Gasteiger charge is 2.15. The Labute approximate surface area is 96.5 Å². The van der Waals surface area contributed by atoms with Crippen molar-refractivity contribution in [2.24, 2.45) is 0 Å². The van der Waals surface area contributed by atoms with Gasteiger partial charge in [-0.25, -0.2) is 4.39 Å². The maximum Gasteiger partial charge on any atom is 0.205 e. The minimum Gasteiger partial charge on any atom is -0.399 e. The average Bonchev–Trinajstić information content (AvgIpc) is 2.64. The van der Waals surface area contributed by atoms with E-state index in [1.807, 2.05) is 13.0 Å². The fourth-order valence-corrected chi connectivity index (χ4v) is 2.23. The molecule has 16 heavy (non-hydrogen) atoms. The Bertz CT molecular complexity index is 548. The van der Waals surface area contributed by atoms with Gasteiger partial charge in [-0.1, -0.05) is 0 Å². The van der Waals surface area contributed by atoms with Gasteiger partial charge in [0.25, 0.3) is 0 Å². The van der Waals surface area contributed by atoms with E-state index in [4.69, 9.17) is 5.73 Å². The molecule has 0 bridgehead atoms. The molecule has 0 aliphatic carbocycles. The van der Waals surface area contributed by atoms with Gasteiger partial charge in [-0.15, -0.1) is 11.3 Å². The third kappa shape index (κ3) is 1.97. The van der Waals surface area contributed by atoms with Crippen LogP contribution in [0.4, 0.5) is 10.1 Å². The summed E-state index contributed by atoms with van der Waals surface area (Å²) in [5, 5.41) is 0. The van der Waals surface area contributed by atoms with Gasteiger partial charge in [-0.05, 0) is 37.3 Å². The molecular weight excluding hydrogens is 225 g/mol. The molecule has 0 saturated carbocycles. The third-order valence-corrected chi connectivity index (χ3v) is 3.20. The van der Waals surface area contributed by atoms with Crippen LogP contribution in [0.5, 0.6) is 0 Å². The first-order valence-electron chi connectivity index (χ1n) is 4.74. The number of hydrogen-bond donors (Lipinski definition) is 1. The summed E-state index contributed by atoms with van der Waals surface area (Å²) in [4.78, 5) is 13.5. The third-order valence-electron chi connectivity index (χ3n) is 2.20. The molecule has 2 nitrogen and oxygen atoms in total. The van der Waals surface area contributed by atoms with Gasteiger partial charge in [-0.3, -0.25) is 4.79 Å². The predicted molar refractivity (Wildman–Crippen MR) is 63.3 cm³/mol. The zero-order valence-corrected chi connectivity index (χ0v) is 9.48. The van der Waals surface area contributed by atoms with Crippen LogP contribution in [0.15, 0.2) is 30.3 Å². The lowest BCUT2D eigenvalue weighted by atomic mass is 10.1. The first-order chi connectivity index (χ1) is 7.58. The number of nitrogen functional groups attached to an aromatic ring is 1. The lowest BCUT2D eigenvalue weighted by Gasteiger charge is -2.01. The van der Waals surface area contributed by atoms with Crippen molar-refractivity contribution in [2.75, 3.05) is 5.73 Å². The van der Waals surface area contributed by atoms with Crippen LogP contribution in [-0.4, -0.2) is 5.78 Å². The quantitative estimate of drug-likeness (QED) is 0.642. The van der Waals surface area contributed by atoms with Gasteiger partial charge in [0.15, 0.2) is 0 Å². The summed E-state index contributed by atoms with van der Waals surface area (Å²) in [6.45, 7) is 1.90. The van der Waals surface area contributed by atoms with E-state index >= 15 is 0 Å². The Morgan fingerprint density at radius 3 is 2.62 bits per heavy atom. The molecule has 1 aromatic carbocycles. The molecule has 1 aromatic heterocycles. The molecule has 1 heterocycles. The SMILES string of the molecule is Cc1ccc(C(=O)c2ccc(N)cc2F)s1. The molecular formula is C12H10FNOS. The van der Waals surface area contributed by atoms with E-state index in [1.54, 1.807) is 6.07 Å². The maximum absolute atomic E-state index is 13.5. The number of thiophene rings is 1. The number of halogens is 1. The number of anilines is 1. The Kier molecular flexibility index (Phi) is 2.75. The fraction of sp³-hybridized carbons (Fsp3) is 0.0833. The number of rotatable bonds is 2. The highest BCUT2D eigenvalue weighted by atomic mass is 32.1. The summed E-state index contributed by atoms with van der Waals surface area (Å²) in [7, 11) is 0. The van der Waals surface area contributed by atoms with E-state index in [0.29, 0.717) is 10.6 Å². The zero-order chi connectivity index (χ0) is 11.7. The Balaban J connectivity index is 2.41. The van der Waals surface area contributed by atoms with Crippen molar-refractivity contribution in [3.63, 3.8) is 0 Å². The van der Waals surface area contributed by atoms with Crippen molar-refractivity contribution in [3.8, 4) is 0 Å². The highest BCUT2D eigenvalue weighted by Crippen LogP contribution is 2.21. The molecule has 0 amide bonds. The molecule has 0 spiro atoms. The molecule has 0 unspecified atom stereocenters. The largest absolute Gasteiger partial charge is 0.399 e. The zero-order valence-electron chi connectivity index (χ0n) is 8.66. The number of carbonyl (C=O) groups is 1.